The molecule has 0 fully saturated rings. The summed E-state index contributed by atoms with van der Waals surface area (Å²) in [5.41, 5.74) is 13.4. The largest absolute Gasteiger partial charge is 0.478 e. The first-order chi connectivity index (χ1) is 33.1. The number of ketones is 1. The van der Waals surface area contributed by atoms with Crippen molar-refractivity contribution in [1.82, 2.24) is 0 Å². The second kappa shape index (κ2) is 20.8. The van der Waals surface area contributed by atoms with Crippen LogP contribution < -0.4 is 9.80 Å². The zero-order valence-electron chi connectivity index (χ0n) is 44.9. The van der Waals surface area contributed by atoms with Gasteiger partial charge >= 0.3 is 11.9 Å². The highest BCUT2D eigenvalue weighted by Gasteiger charge is 2.36. The van der Waals surface area contributed by atoms with E-state index in [-0.39, 0.29) is 33.0 Å². The molecule has 1 N–H and O–H groups in total. The summed E-state index contributed by atoms with van der Waals surface area (Å²) in [7, 11) is 8.25. The van der Waals surface area contributed by atoms with E-state index in [4.69, 9.17) is 4.74 Å². The number of carboxylic acids is 1. The van der Waals surface area contributed by atoms with Crippen LogP contribution >= 0.6 is 0 Å². The third kappa shape index (κ3) is 12.5. The molecule has 7 heteroatoms. The molecule has 0 aliphatic heterocycles. The van der Waals surface area contributed by atoms with E-state index in [2.05, 4.69) is 164 Å². The van der Waals surface area contributed by atoms with Crippen LogP contribution in [0.4, 0.5) is 11.4 Å². The molecule has 1 unspecified atom stereocenters. The van der Waals surface area contributed by atoms with Crippen LogP contribution in [0.1, 0.15) is 159 Å². The molecule has 370 valence electrons. The second-order valence-corrected chi connectivity index (χ2v) is 23.2. The monoisotopic (exact) mass is 951 g/mol. The van der Waals surface area contributed by atoms with Crippen LogP contribution in [0.5, 0.6) is 0 Å². The first kappa shape index (κ1) is 53.4. The molecule has 0 saturated heterocycles. The highest BCUT2D eigenvalue weighted by atomic mass is 16.5. The number of anilines is 2. The molecule has 0 radical (unpaired) electrons. The van der Waals surface area contributed by atoms with Crippen LogP contribution in [-0.4, -0.2) is 51.0 Å². The third-order valence-corrected chi connectivity index (χ3v) is 12.8. The average Bonchev–Trinajstić information content (AvgIpc) is 3.30. The standard InChI is InChI=1S/C64H74N2O5/c1-61(2,3)48-34-32-44(33-35-48)49-38-47(39-52(62(4,5)6)57(49)65(13)14)53(67)36-26-41-24-30-46(31-25-41)60(70)71-54(37-27-42-22-28-45(29-23-42)59(68)69)51-40-50(43-20-18-17-19-21-43)58(66(15)16)56(64(10,11)12)55(51)63(7,8)9/h17-40,54H,1-16H3,(H,68,69)/b36-26+,37-27+. The smallest absolute Gasteiger partial charge is 0.339 e. The molecule has 0 spiro atoms. The van der Waals surface area contributed by atoms with Crippen molar-refractivity contribution in [2.75, 3.05) is 38.0 Å². The van der Waals surface area contributed by atoms with E-state index in [0.29, 0.717) is 11.1 Å². The number of hydrogen-bond acceptors (Lipinski definition) is 6. The van der Waals surface area contributed by atoms with Crippen molar-refractivity contribution in [3.63, 3.8) is 0 Å². The Morgan fingerprint density at radius 3 is 1.52 bits per heavy atom. The number of ether oxygens (including phenoxy) is 1. The lowest BCUT2D eigenvalue weighted by Gasteiger charge is -2.38. The molecule has 0 aliphatic rings. The fourth-order valence-electron chi connectivity index (χ4n) is 9.28. The molecule has 6 aromatic carbocycles. The van der Waals surface area contributed by atoms with E-state index in [9.17, 15) is 19.5 Å². The number of aromatic carboxylic acids is 1. The molecular formula is C64H74N2O5. The highest BCUT2D eigenvalue weighted by molar-refractivity contribution is 6.08. The molecule has 6 rings (SSSR count). The molecular weight excluding hydrogens is 877 g/mol. The van der Waals surface area contributed by atoms with Gasteiger partial charge in [0, 0.05) is 61.8 Å². The van der Waals surface area contributed by atoms with Gasteiger partial charge in [-0.05, 0) is 121 Å². The van der Waals surface area contributed by atoms with Gasteiger partial charge in [-0.2, -0.15) is 0 Å². The summed E-state index contributed by atoms with van der Waals surface area (Å²) in [5.74, 6) is -1.64. The van der Waals surface area contributed by atoms with E-state index < -0.39 is 18.0 Å². The Balaban J connectivity index is 1.40. The first-order valence-corrected chi connectivity index (χ1v) is 24.5. The molecule has 7 nitrogen and oxygen atoms in total. The third-order valence-electron chi connectivity index (χ3n) is 12.8. The van der Waals surface area contributed by atoms with Crippen molar-refractivity contribution >= 4 is 41.2 Å². The highest BCUT2D eigenvalue weighted by Crippen LogP contribution is 2.49. The Kier molecular flexibility index (Phi) is 15.6. The SMILES string of the molecule is CN(C)c1c(-c2ccc(C(C)(C)C)cc2)cc(C(=O)/C=C/c2ccc(C(=O)OC(/C=C/c3ccc(C(=O)O)cc3)c3cc(-c4ccccc4)c(N(C)C)c(C(C)(C)C)c3C(C)(C)C)cc2)cc1C(C)(C)C. The van der Waals surface area contributed by atoms with Crippen molar-refractivity contribution < 1.29 is 24.2 Å². The zero-order valence-corrected chi connectivity index (χ0v) is 44.9. The van der Waals surface area contributed by atoms with Gasteiger partial charge in [-0.25, -0.2) is 9.59 Å². The van der Waals surface area contributed by atoms with Crippen LogP contribution in [0.15, 0.2) is 133 Å². The number of esters is 1. The van der Waals surface area contributed by atoms with E-state index in [0.717, 1.165) is 67.0 Å². The molecule has 1 atom stereocenters. The quantitative estimate of drug-likeness (QED) is 0.0701. The fraction of sp³-hybridized carbons (Fsp3) is 0.328. The number of carbonyl (C=O) groups is 3. The maximum Gasteiger partial charge on any atom is 0.339 e. The molecule has 6 aromatic rings. The van der Waals surface area contributed by atoms with E-state index in [1.54, 1.807) is 48.6 Å². The summed E-state index contributed by atoms with van der Waals surface area (Å²) >= 11 is 0. The Bertz CT molecular complexity index is 2950. The lowest BCUT2D eigenvalue weighted by Crippen LogP contribution is -2.29. The van der Waals surface area contributed by atoms with E-state index in [1.807, 2.05) is 54.6 Å². The summed E-state index contributed by atoms with van der Waals surface area (Å²) in [6, 6.07) is 38.9. The maximum atomic E-state index is 14.5. The molecule has 0 aromatic heterocycles. The zero-order chi connectivity index (χ0) is 52.4. The van der Waals surface area contributed by atoms with Crippen molar-refractivity contribution in [1.29, 1.82) is 0 Å². The van der Waals surface area contributed by atoms with Gasteiger partial charge in [-0.1, -0.05) is 174 Å². The lowest BCUT2D eigenvalue weighted by atomic mass is 9.70. The van der Waals surface area contributed by atoms with Crippen molar-refractivity contribution in [2.24, 2.45) is 0 Å². The topological polar surface area (TPSA) is 87.1 Å². The fourth-order valence-corrected chi connectivity index (χ4v) is 9.28. The van der Waals surface area contributed by atoms with Gasteiger partial charge in [0.2, 0.25) is 0 Å². The minimum atomic E-state index is -1.00. The molecule has 0 amide bonds. The molecule has 0 aliphatic carbocycles. The van der Waals surface area contributed by atoms with Crippen LogP contribution in [0.3, 0.4) is 0 Å². The van der Waals surface area contributed by atoms with Crippen molar-refractivity contribution in [3.05, 3.63) is 189 Å². The van der Waals surface area contributed by atoms with Gasteiger partial charge in [-0.3, -0.25) is 4.79 Å². The van der Waals surface area contributed by atoms with Crippen molar-refractivity contribution in [2.45, 2.75) is 111 Å². The number of rotatable bonds is 13. The summed E-state index contributed by atoms with van der Waals surface area (Å²) < 4.78 is 6.62. The van der Waals surface area contributed by atoms with Crippen LogP contribution in [0.2, 0.25) is 0 Å². The van der Waals surface area contributed by atoms with Crippen LogP contribution in [0.25, 0.3) is 34.4 Å². The number of carbonyl (C=O) groups excluding carboxylic acids is 2. The molecule has 71 heavy (non-hydrogen) atoms. The molecule has 0 bridgehead atoms. The minimum Gasteiger partial charge on any atom is -0.478 e. The predicted molar refractivity (Wildman–Crippen MR) is 298 cm³/mol. The van der Waals surface area contributed by atoms with E-state index in [1.165, 1.54) is 5.56 Å². The van der Waals surface area contributed by atoms with Crippen molar-refractivity contribution in [3.8, 4) is 22.3 Å². The van der Waals surface area contributed by atoms with Crippen LogP contribution in [-0.2, 0) is 26.4 Å². The Hall–Kier alpha value is -6.99. The van der Waals surface area contributed by atoms with Gasteiger partial charge in [0.25, 0.3) is 0 Å². The number of nitrogens with zero attached hydrogens (tertiary/aromatic N) is 2. The normalized spacial score (nSPS) is 12.8. The minimum absolute atomic E-state index is 0.0137. The van der Waals surface area contributed by atoms with Gasteiger partial charge in [0.05, 0.1) is 11.1 Å². The maximum absolute atomic E-state index is 14.5. The summed E-state index contributed by atoms with van der Waals surface area (Å²) in [6.45, 7) is 26.4. The predicted octanol–water partition coefficient (Wildman–Crippen LogP) is 15.5. The number of hydrogen-bond donors (Lipinski definition) is 1. The van der Waals surface area contributed by atoms with Crippen LogP contribution in [0, 0.1) is 0 Å². The Morgan fingerprint density at radius 2 is 1.03 bits per heavy atom. The first-order valence-electron chi connectivity index (χ1n) is 24.5. The van der Waals surface area contributed by atoms with Gasteiger partial charge < -0.3 is 19.6 Å². The number of carboxylic acid groups (broad SMARTS) is 1. The second-order valence-electron chi connectivity index (χ2n) is 23.2. The Labute approximate surface area is 423 Å². The Morgan fingerprint density at radius 1 is 0.521 bits per heavy atom. The number of allylic oxidation sites excluding steroid dienone is 1. The summed E-state index contributed by atoms with van der Waals surface area (Å²) in [5, 5.41) is 9.58. The molecule has 0 saturated carbocycles. The van der Waals surface area contributed by atoms with E-state index >= 15 is 0 Å². The van der Waals surface area contributed by atoms with Gasteiger partial charge in [-0.15, -0.1) is 0 Å². The summed E-state index contributed by atoms with van der Waals surface area (Å²) in [4.78, 5) is 44.6. The lowest BCUT2D eigenvalue weighted by molar-refractivity contribution is 0.0389. The summed E-state index contributed by atoms with van der Waals surface area (Å²) in [6.07, 6.45) is 6.31. The van der Waals surface area contributed by atoms with Gasteiger partial charge in [0.15, 0.2) is 5.78 Å². The van der Waals surface area contributed by atoms with Gasteiger partial charge in [0.1, 0.15) is 6.10 Å². The molecule has 0 heterocycles. The number of benzene rings is 6. The average molecular weight is 951 g/mol.